The number of halogens is 3. The Morgan fingerprint density at radius 3 is 2.65 bits per heavy atom. The van der Waals surface area contributed by atoms with Crippen LogP contribution in [0, 0.1) is 5.82 Å². The molecule has 1 amide bonds. The Morgan fingerprint density at radius 1 is 1.04 bits per heavy atom. The average Bonchev–Trinajstić information content (AvgIpc) is 2.95. The second kappa shape index (κ2) is 7.18. The van der Waals surface area contributed by atoms with Gasteiger partial charge in [-0.15, -0.1) is 0 Å². The smallest absolute Gasteiger partial charge is 0.254 e. The van der Waals surface area contributed by atoms with Crippen LogP contribution >= 0.6 is 23.2 Å². The maximum Gasteiger partial charge on any atom is 0.254 e. The molecule has 136 valence electrons. The van der Waals surface area contributed by atoms with Crippen LogP contribution < -0.4 is 5.32 Å². The number of hydrogen-bond acceptors (Lipinski definition) is 2. The van der Waals surface area contributed by atoms with E-state index in [4.69, 9.17) is 23.2 Å². The lowest BCUT2D eigenvalue weighted by Gasteiger charge is -2.25. The molecule has 0 radical (unpaired) electrons. The van der Waals surface area contributed by atoms with E-state index < -0.39 is 0 Å². The number of nitrogens with one attached hydrogen (secondary N) is 1. The standard InChI is InChI=1S/C20H19Cl2FN2O/c21-18-6-1-12(9-19(18)22)17-10-13(23)2-5-16(17)20(26)25-8-7-14-3-4-15(11-25)24-14/h1-2,5-6,9-10,14-15,24H,3-4,7-8,11H2. The number of likely N-dealkylation sites (tertiary alicyclic amines) is 1. The molecule has 2 aliphatic heterocycles. The Hall–Kier alpha value is -1.62. The molecule has 2 fully saturated rings. The van der Waals surface area contributed by atoms with Crippen molar-refractivity contribution in [3.05, 3.63) is 57.8 Å². The van der Waals surface area contributed by atoms with Crippen molar-refractivity contribution in [1.82, 2.24) is 10.2 Å². The van der Waals surface area contributed by atoms with Crippen LogP contribution in [0.4, 0.5) is 4.39 Å². The first kappa shape index (κ1) is 17.8. The number of fused-ring (bicyclic) bond motifs is 2. The van der Waals surface area contributed by atoms with E-state index >= 15 is 0 Å². The summed E-state index contributed by atoms with van der Waals surface area (Å²) in [6.07, 6.45) is 3.22. The lowest BCUT2D eigenvalue weighted by molar-refractivity contribution is 0.0749. The Labute approximate surface area is 162 Å². The summed E-state index contributed by atoms with van der Waals surface area (Å²) in [5.41, 5.74) is 1.70. The van der Waals surface area contributed by atoms with Gasteiger partial charge in [-0.05, 0) is 60.7 Å². The van der Waals surface area contributed by atoms with Gasteiger partial charge in [0.25, 0.3) is 5.91 Å². The summed E-state index contributed by atoms with van der Waals surface area (Å²) >= 11 is 12.1. The van der Waals surface area contributed by atoms with Crippen molar-refractivity contribution in [3.8, 4) is 11.1 Å². The van der Waals surface area contributed by atoms with Crippen molar-refractivity contribution in [1.29, 1.82) is 0 Å². The molecule has 2 aliphatic rings. The van der Waals surface area contributed by atoms with E-state index in [1.54, 1.807) is 24.3 Å². The van der Waals surface area contributed by atoms with Gasteiger partial charge in [-0.3, -0.25) is 4.79 Å². The van der Waals surface area contributed by atoms with Crippen LogP contribution in [-0.2, 0) is 0 Å². The normalized spacial score (nSPS) is 22.3. The zero-order valence-corrected chi connectivity index (χ0v) is 15.7. The van der Waals surface area contributed by atoms with Gasteiger partial charge in [-0.1, -0.05) is 29.3 Å². The maximum atomic E-state index is 13.9. The van der Waals surface area contributed by atoms with E-state index in [0.717, 1.165) is 12.8 Å². The third kappa shape index (κ3) is 3.46. The Morgan fingerprint density at radius 2 is 1.85 bits per heavy atom. The van der Waals surface area contributed by atoms with Crippen molar-refractivity contribution < 1.29 is 9.18 Å². The quantitative estimate of drug-likeness (QED) is 0.798. The molecule has 6 heteroatoms. The summed E-state index contributed by atoms with van der Waals surface area (Å²) in [7, 11) is 0. The molecule has 0 saturated carbocycles. The van der Waals surface area contributed by atoms with Crippen molar-refractivity contribution >= 4 is 29.1 Å². The largest absolute Gasteiger partial charge is 0.337 e. The fourth-order valence-electron chi connectivity index (χ4n) is 3.90. The van der Waals surface area contributed by atoms with Crippen LogP contribution in [0.15, 0.2) is 36.4 Å². The lowest BCUT2D eigenvalue weighted by Crippen LogP contribution is -2.39. The SMILES string of the molecule is O=C(c1ccc(F)cc1-c1ccc(Cl)c(Cl)c1)N1CCC2CCC(C1)N2. The molecule has 2 bridgehead atoms. The van der Waals surface area contributed by atoms with Gasteiger partial charge in [0.15, 0.2) is 0 Å². The van der Waals surface area contributed by atoms with Crippen LogP contribution in [0.2, 0.25) is 10.0 Å². The third-order valence-corrected chi connectivity index (χ3v) is 5.99. The number of benzene rings is 2. The molecule has 2 saturated heterocycles. The van der Waals surface area contributed by atoms with Gasteiger partial charge >= 0.3 is 0 Å². The second-order valence-electron chi connectivity index (χ2n) is 7.00. The van der Waals surface area contributed by atoms with Gasteiger partial charge in [0.2, 0.25) is 0 Å². The second-order valence-corrected chi connectivity index (χ2v) is 7.81. The molecular formula is C20H19Cl2FN2O. The minimum Gasteiger partial charge on any atom is -0.337 e. The Bertz CT molecular complexity index is 858. The lowest BCUT2D eigenvalue weighted by atomic mass is 9.98. The number of nitrogens with zero attached hydrogens (tertiary/aromatic N) is 1. The van der Waals surface area contributed by atoms with Crippen LogP contribution in [0.25, 0.3) is 11.1 Å². The first-order valence-corrected chi connectivity index (χ1v) is 9.57. The average molecular weight is 393 g/mol. The highest BCUT2D eigenvalue weighted by Gasteiger charge is 2.32. The molecule has 0 aliphatic carbocycles. The molecule has 2 aromatic rings. The van der Waals surface area contributed by atoms with Crippen molar-refractivity contribution in [2.24, 2.45) is 0 Å². The van der Waals surface area contributed by atoms with Crippen LogP contribution in [0.3, 0.4) is 0 Å². The minimum atomic E-state index is -0.390. The van der Waals surface area contributed by atoms with E-state index in [-0.39, 0.29) is 11.7 Å². The molecule has 2 unspecified atom stereocenters. The fraction of sp³-hybridized carbons (Fsp3) is 0.350. The van der Waals surface area contributed by atoms with Gasteiger partial charge in [-0.2, -0.15) is 0 Å². The highest BCUT2D eigenvalue weighted by molar-refractivity contribution is 6.42. The highest BCUT2D eigenvalue weighted by atomic mass is 35.5. The molecule has 0 spiro atoms. The molecule has 2 aromatic carbocycles. The predicted octanol–water partition coefficient (Wildman–Crippen LogP) is 4.77. The van der Waals surface area contributed by atoms with Gasteiger partial charge in [-0.25, -0.2) is 4.39 Å². The molecule has 4 rings (SSSR count). The van der Waals surface area contributed by atoms with E-state index in [1.165, 1.54) is 18.6 Å². The van der Waals surface area contributed by atoms with Gasteiger partial charge in [0, 0.05) is 30.7 Å². The van der Waals surface area contributed by atoms with E-state index in [0.29, 0.717) is 51.9 Å². The summed E-state index contributed by atoms with van der Waals surface area (Å²) in [6, 6.07) is 10.2. The summed E-state index contributed by atoms with van der Waals surface area (Å²) in [5, 5.41) is 4.38. The van der Waals surface area contributed by atoms with E-state index in [9.17, 15) is 9.18 Å². The Balaban J connectivity index is 1.69. The van der Waals surface area contributed by atoms with Crippen molar-refractivity contribution in [3.63, 3.8) is 0 Å². The molecule has 26 heavy (non-hydrogen) atoms. The minimum absolute atomic E-state index is 0.0691. The van der Waals surface area contributed by atoms with Crippen LogP contribution in [-0.4, -0.2) is 36.0 Å². The van der Waals surface area contributed by atoms with Gasteiger partial charge in [0.05, 0.1) is 10.0 Å². The predicted molar refractivity (Wildman–Crippen MR) is 102 cm³/mol. The summed E-state index contributed by atoms with van der Waals surface area (Å²) in [6.45, 7) is 1.40. The Kier molecular flexibility index (Phi) is 4.91. The first-order valence-electron chi connectivity index (χ1n) is 8.81. The zero-order chi connectivity index (χ0) is 18.3. The van der Waals surface area contributed by atoms with Gasteiger partial charge < -0.3 is 10.2 Å². The third-order valence-electron chi connectivity index (χ3n) is 5.25. The summed E-state index contributed by atoms with van der Waals surface area (Å²) < 4.78 is 13.9. The highest BCUT2D eigenvalue weighted by Crippen LogP contribution is 2.32. The van der Waals surface area contributed by atoms with Crippen molar-refractivity contribution in [2.75, 3.05) is 13.1 Å². The number of rotatable bonds is 2. The van der Waals surface area contributed by atoms with Gasteiger partial charge in [0.1, 0.15) is 5.82 Å². The molecule has 3 nitrogen and oxygen atoms in total. The topological polar surface area (TPSA) is 32.3 Å². The number of carbonyl (C=O) groups excluding carboxylic acids is 1. The molecule has 0 aromatic heterocycles. The number of carbonyl (C=O) groups is 1. The maximum absolute atomic E-state index is 13.9. The van der Waals surface area contributed by atoms with Crippen molar-refractivity contribution in [2.45, 2.75) is 31.3 Å². The fourth-order valence-corrected chi connectivity index (χ4v) is 4.20. The molecule has 2 atom stereocenters. The molecule has 2 heterocycles. The molecule has 1 N–H and O–H groups in total. The van der Waals surface area contributed by atoms with E-state index in [2.05, 4.69) is 5.32 Å². The first-order chi connectivity index (χ1) is 12.5. The number of amides is 1. The van der Waals surface area contributed by atoms with Crippen LogP contribution in [0.5, 0.6) is 0 Å². The van der Waals surface area contributed by atoms with Crippen LogP contribution in [0.1, 0.15) is 29.6 Å². The summed E-state index contributed by atoms with van der Waals surface area (Å²) in [4.78, 5) is 15.1. The molecular weight excluding hydrogens is 374 g/mol. The number of hydrogen-bond donors (Lipinski definition) is 1. The van der Waals surface area contributed by atoms with E-state index in [1.807, 2.05) is 4.90 Å². The zero-order valence-electron chi connectivity index (χ0n) is 14.1. The summed E-state index contributed by atoms with van der Waals surface area (Å²) in [5.74, 6) is -0.459. The monoisotopic (exact) mass is 392 g/mol.